The van der Waals surface area contributed by atoms with Crippen molar-refractivity contribution in [1.82, 2.24) is 4.90 Å². The zero-order valence-corrected chi connectivity index (χ0v) is 13.2. The van der Waals surface area contributed by atoms with E-state index in [1.165, 1.54) is 6.07 Å². The van der Waals surface area contributed by atoms with E-state index < -0.39 is 11.0 Å². The molecule has 0 spiro atoms. The van der Waals surface area contributed by atoms with Gasteiger partial charge in [0.05, 0.1) is 4.92 Å². The molecule has 2 rings (SSSR count). The number of benzene rings is 1. The van der Waals surface area contributed by atoms with Crippen LogP contribution in [0.25, 0.3) is 0 Å². The Morgan fingerprint density at radius 3 is 2.77 bits per heavy atom. The summed E-state index contributed by atoms with van der Waals surface area (Å²) in [5, 5.41) is 21.1. The van der Waals surface area contributed by atoms with E-state index in [1.807, 2.05) is 0 Å². The summed E-state index contributed by atoms with van der Waals surface area (Å²) < 4.78 is 5.46. The Labute approximate surface area is 130 Å². The average molecular weight is 308 g/mol. The van der Waals surface area contributed by atoms with E-state index in [2.05, 4.69) is 11.8 Å². The topological polar surface area (TPSA) is 75.8 Å². The first kappa shape index (κ1) is 16.7. The van der Waals surface area contributed by atoms with Gasteiger partial charge in [-0.2, -0.15) is 0 Å². The van der Waals surface area contributed by atoms with Crippen LogP contribution in [0, 0.1) is 23.0 Å². The van der Waals surface area contributed by atoms with Crippen molar-refractivity contribution in [3.8, 4) is 5.75 Å². The van der Waals surface area contributed by atoms with Gasteiger partial charge in [0, 0.05) is 12.6 Å². The van der Waals surface area contributed by atoms with Crippen molar-refractivity contribution < 1.29 is 14.8 Å². The van der Waals surface area contributed by atoms with Gasteiger partial charge in [0.2, 0.25) is 0 Å². The number of piperidine rings is 1. The second kappa shape index (κ2) is 7.56. The third kappa shape index (κ3) is 4.68. The van der Waals surface area contributed by atoms with Gasteiger partial charge in [-0.3, -0.25) is 10.1 Å². The molecular weight excluding hydrogens is 284 g/mol. The minimum absolute atomic E-state index is 0.0565. The molecule has 1 atom stereocenters. The van der Waals surface area contributed by atoms with Crippen LogP contribution in [0.3, 0.4) is 0 Å². The maximum Gasteiger partial charge on any atom is 0.311 e. The van der Waals surface area contributed by atoms with E-state index in [9.17, 15) is 15.2 Å². The molecule has 1 saturated heterocycles. The van der Waals surface area contributed by atoms with Crippen LogP contribution < -0.4 is 4.74 Å². The number of nitro groups is 1. The van der Waals surface area contributed by atoms with Crippen LogP contribution in [0.15, 0.2) is 18.2 Å². The molecule has 1 aliphatic rings. The Morgan fingerprint density at radius 2 is 2.14 bits per heavy atom. The second-order valence-corrected chi connectivity index (χ2v) is 6.18. The van der Waals surface area contributed by atoms with E-state index >= 15 is 0 Å². The highest BCUT2D eigenvalue weighted by Gasteiger charge is 2.20. The fourth-order valence-corrected chi connectivity index (χ4v) is 2.67. The SMILES string of the molecule is Cc1ccc(OCC(O)CN2CCC(C)CC2)c([N+](=O)[O-])c1. The summed E-state index contributed by atoms with van der Waals surface area (Å²) in [6.07, 6.45) is 1.66. The first-order valence-electron chi connectivity index (χ1n) is 7.74. The summed E-state index contributed by atoms with van der Waals surface area (Å²) in [6.45, 7) is 6.63. The van der Waals surface area contributed by atoms with E-state index in [4.69, 9.17) is 4.74 Å². The highest BCUT2D eigenvalue weighted by atomic mass is 16.6. The number of aliphatic hydroxyl groups excluding tert-OH is 1. The van der Waals surface area contributed by atoms with Crippen molar-refractivity contribution in [3.05, 3.63) is 33.9 Å². The van der Waals surface area contributed by atoms with E-state index in [0.29, 0.717) is 6.54 Å². The fraction of sp³-hybridized carbons (Fsp3) is 0.625. The average Bonchev–Trinajstić information content (AvgIpc) is 2.48. The number of rotatable bonds is 6. The normalized spacial score (nSPS) is 18.1. The van der Waals surface area contributed by atoms with Crippen molar-refractivity contribution in [2.45, 2.75) is 32.8 Å². The van der Waals surface area contributed by atoms with Gasteiger partial charge < -0.3 is 14.7 Å². The number of hydrogen-bond acceptors (Lipinski definition) is 5. The molecule has 0 bridgehead atoms. The summed E-state index contributed by atoms with van der Waals surface area (Å²) in [7, 11) is 0. The van der Waals surface area contributed by atoms with Crippen LogP contribution in [0.5, 0.6) is 5.75 Å². The quantitative estimate of drug-likeness (QED) is 0.645. The lowest BCUT2D eigenvalue weighted by Crippen LogP contribution is -2.40. The minimum Gasteiger partial charge on any atom is -0.484 e. The maximum atomic E-state index is 11.0. The zero-order chi connectivity index (χ0) is 16.1. The highest BCUT2D eigenvalue weighted by molar-refractivity contribution is 5.48. The van der Waals surface area contributed by atoms with E-state index in [0.717, 1.165) is 37.4 Å². The van der Waals surface area contributed by atoms with Crippen molar-refractivity contribution in [2.75, 3.05) is 26.2 Å². The maximum absolute atomic E-state index is 11.0. The smallest absolute Gasteiger partial charge is 0.311 e. The lowest BCUT2D eigenvalue weighted by molar-refractivity contribution is -0.386. The first-order chi connectivity index (χ1) is 10.5. The number of aliphatic hydroxyl groups is 1. The number of hydrogen-bond donors (Lipinski definition) is 1. The van der Waals surface area contributed by atoms with Gasteiger partial charge in [0.15, 0.2) is 5.75 Å². The molecule has 6 heteroatoms. The van der Waals surface area contributed by atoms with Crippen LogP contribution in [0.4, 0.5) is 5.69 Å². The van der Waals surface area contributed by atoms with Crippen LogP contribution in [-0.4, -0.2) is 47.3 Å². The molecule has 22 heavy (non-hydrogen) atoms. The van der Waals surface area contributed by atoms with Gasteiger partial charge in [-0.05, 0) is 50.4 Å². The number of likely N-dealkylation sites (tertiary alicyclic amines) is 1. The second-order valence-electron chi connectivity index (χ2n) is 6.18. The fourth-order valence-electron chi connectivity index (χ4n) is 2.67. The molecule has 1 unspecified atom stereocenters. The number of nitrogens with zero attached hydrogens (tertiary/aromatic N) is 2. The molecule has 1 heterocycles. The molecule has 1 aromatic rings. The number of ether oxygens (including phenoxy) is 1. The van der Waals surface area contributed by atoms with Crippen molar-refractivity contribution in [3.63, 3.8) is 0 Å². The van der Waals surface area contributed by atoms with Gasteiger partial charge in [0.25, 0.3) is 0 Å². The molecule has 0 saturated carbocycles. The lowest BCUT2D eigenvalue weighted by atomic mass is 9.99. The summed E-state index contributed by atoms with van der Waals surface area (Å²) in [4.78, 5) is 12.8. The summed E-state index contributed by atoms with van der Waals surface area (Å²) >= 11 is 0. The molecule has 1 aromatic carbocycles. The van der Waals surface area contributed by atoms with Crippen molar-refractivity contribution in [1.29, 1.82) is 0 Å². The minimum atomic E-state index is -0.644. The molecular formula is C16H24N2O4. The lowest BCUT2D eigenvalue weighted by Gasteiger charge is -2.31. The zero-order valence-electron chi connectivity index (χ0n) is 13.2. The first-order valence-corrected chi connectivity index (χ1v) is 7.74. The molecule has 1 aliphatic heterocycles. The van der Waals surface area contributed by atoms with Crippen molar-refractivity contribution >= 4 is 5.69 Å². The van der Waals surface area contributed by atoms with Gasteiger partial charge in [-0.25, -0.2) is 0 Å². The number of aryl methyl sites for hydroxylation is 1. The van der Waals surface area contributed by atoms with Crippen molar-refractivity contribution in [2.24, 2.45) is 5.92 Å². The molecule has 1 N–H and O–H groups in total. The van der Waals surface area contributed by atoms with E-state index in [1.54, 1.807) is 19.1 Å². The third-order valence-electron chi connectivity index (χ3n) is 4.09. The number of β-amino-alcohol motifs (C(OH)–C–C–N with tert-alkyl or cyclic N) is 1. The summed E-state index contributed by atoms with van der Waals surface area (Å²) in [5.41, 5.74) is 0.751. The number of nitro benzene ring substituents is 1. The van der Waals surface area contributed by atoms with Crippen LogP contribution in [-0.2, 0) is 0 Å². The third-order valence-corrected chi connectivity index (χ3v) is 4.09. The largest absolute Gasteiger partial charge is 0.484 e. The van der Waals surface area contributed by atoms with E-state index in [-0.39, 0.29) is 18.0 Å². The van der Waals surface area contributed by atoms with Gasteiger partial charge in [0.1, 0.15) is 12.7 Å². The Balaban J connectivity index is 1.86. The Bertz CT molecular complexity index is 513. The molecule has 122 valence electrons. The molecule has 0 aliphatic carbocycles. The molecule has 0 aromatic heterocycles. The summed E-state index contributed by atoms with van der Waals surface area (Å²) in [5.74, 6) is 0.960. The summed E-state index contributed by atoms with van der Waals surface area (Å²) in [6, 6.07) is 4.83. The predicted molar refractivity (Wildman–Crippen MR) is 84.2 cm³/mol. The highest BCUT2D eigenvalue weighted by Crippen LogP contribution is 2.27. The Kier molecular flexibility index (Phi) is 5.74. The standard InChI is InChI=1S/C16H24N2O4/c1-12-5-7-17(8-6-12)10-14(19)11-22-16-4-3-13(2)9-15(16)18(20)21/h3-4,9,12,14,19H,5-8,10-11H2,1-2H3. The molecule has 1 fully saturated rings. The monoisotopic (exact) mass is 308 g/mol. The van der Waals surface area contributed by atoms with Gasteiger partial charge in [-0.15, -0.1) is 0 Å². The Hall–Kier alpha value is -1.66. The van der Waals surface area contributed by atoms with Crippen LogP contribution in [0.1, 0.15) is 25.3 Å². The molecule has 0 amide bonds. The predicted octanol–water partition coefficient (Wildman–Crippen LogP) is 2.37. The molecule has 6 nitrogen and oxygen atoms in total. The van der Waals surface area contributed by atoms with Crippen LogP contribution in [0.2, 0.25) is 0 Å². The van der Waals surface area contributed by atoms with Gasteiger partial charge in [-0.1, -0.05) is 13.0 Å². The molecule has 0 radical (unpaired) electrons. The van der Waals surface area contributed by atoms with Crippen LogP contribution >= 0.6 is 0 Å². The van der Waals surface area contributed by atoms with Gasteiger partial charge >= 0.3 is 5.69 Å². The Morgan fingerprint density at radius 1 is 1.45 bits per heavy atom.